The van der Waals surface area contributed by atoms with Gasteiger partial charge in [0, 0.05) is 24.6 Å². The van der Waals surface area contributed by atoms with Crippen LogP contribution in [0, 0.1) is 5.82 Å². The summed E-state index contributed by atoms with van der Waals surface area (Å²) in [6.07, 6.45) is 0.722. The molecule has 0 aromatic heterocycles. The SMILES string of the molecule is CCCNC1=C(N(C(C)=O)c2cccc(F)c2)C(=O)c2ccccc2C1=O. The van der Waals surface area contributed by atoms with Gasteiger partial charge >= 0.3 is 0 Å². The number of carbonyl (C=O) groups is 3. The zero-order valence-corrected chi connectivity index (χ0v) is 15.1. The van der Waals surface area contributed by atoms with Gasteiger partial charge in [-0.05, 0) is 24.6 Å². The first-order valence-corrected chi connectivity index (χ1v) is 8.68. The number of ketones is 2. The Kier molecular flexibility index (Phi) is 5.16. The van der Waals surface area contributed by atoms with Gasteiger partial charge in [-0.25, -0.2) is 4.39 Å². The fraction of sp³-hybridized carbons (Fsp3) is 0.190. The monoisotopic (exact) mass is 366 g/mol. The molecule has 27 heavy (non-hydrogen) atoms. The first-order valence-electron chi connectivity index (χ1n) is 8.68. The standard InChI is InChI=1S/C21H19FN2O3/c1-3-11-23-18-19(21(27)17-10-5-4-9-16(17)20(18)26)24(13(2)25)15-8-6-7-14(22)12-15/h4-10,12,23H,3,11H2,1-2H3. The summed E-state index contributed by atoms with van der Waals surface area (Å²) in [6.45, 7) is 3.65. The van der Waals surface area contributed by atoms with Crippen molar-refractivity contribution in [2.45, 2.75) is 20.3 Å². The number of hydrogen-bond donors (Lipinski definition) is 1. The molecule has 3 rings (SSSR count). The lowest BCUT2D eigenvalue weighted by atomic mass is 9.89. The number of nitrogens with zero attached hydrogens (tertiary/aromatic N) is 1. The van der Waals surface area contributed by atoms with Crippen molar-refractivity contribution in [2.75, 3.05) is 11.4 Å². The molecule has 1 aliphatic rings. The largest absolute Gasteiger partial charge is 0.380 e. The van der Waals surface area contributed by atoms with Gasteiger partial charge in [-0.3, -0.25) is 19.3 Å². The Balaban J connectivity index is 2.24. The minimum Gasteiger partial charge on any atom is -0.380 e. The van der Waals surface area contributed by atoms with Gasteiger partial charge in [0.15, 0.2) is 0 Å². The second-order valence-electron chi connectivity index (χ2n) is 6.19. The van der Waals surface area contributed by atoms with Crippen molar-refractivity contribution in [3.8, 4) is 0 Å². The number of benzene rings is 2. The molecule has 0 saturated heterocycles. The smallest absolute Gasteiger partial charge is 0.228 e. The number of carbonyl (C=O) groups excluding carboxylic acids is 3. The molecule has 0 radical (unpaired) electrons. The Bertz CT molecular complexity index is 965. The maximum Gasteiger partial charge on any atom is 0.228 e. The van der Waals surface area contributed by atoms with E-state index in [9.17, 15) is 18.8 Å². The van der Waals surface area contributed by atoms with Gasteiger partial charge in [0.1, 0.15) is 17.2 Å². The van der Waals surface area contributed by atoms with Gasteiger partial charge in [0.05, 0.1) is 5.69 Å². The Morgan fingerprint density at radius 1 is 1.04 bits per heavy atom. The molecule has 6 heteroatoms. The molecule has 0 fully saturated rings. The lowest BCUT2D eigenvalue weighted by molar-refractivity contribution is -0.116. The predicted octanol–water partition coefficient (Wildman–Crippen LogP) is 3.47. The number of nitrogens with one attached hydrogen (secondary N) is 1. The fourth-order valence-corrected chi connectivity index (χ4v) is 3.07. The summed E-state index contributed by atoms with van der Waals surface area (Å²) in [5.41, 5.74) is 0.675. The normalized spacial score (nSPS) is 13.4. The minimum atomic E-state index is -0.544. The summed E-state index contributed by atoms with van der Waals surface area (Å²) < 4.78 is 13.7. The molecule has 0 atom stereocenters. The van der Waals surface area contributed by atoms with Gasteiger partial charge in [-0.1, -0.05) is 37.3 Å². The Hall–Kier alpha value is -3.28. The summed E-state index contributed by atoms with van der Waals surface area (Å²) >= 11 is 0. The summed E-state index contributed by atoms with van der Waals surface area (Å²) in [4.78, 5) is 39.7. The van der Waals surface area contributed by atoms with E-state index < -0.39 is 17.5 Å². The van der Waals surface area contributed by atoms with Crippen molar-refractivity contribution in [2.24, 2.45) is 0 Å². The number of anilines is 1. The number of amides is 1. The van der Waals surface area contributed by atoms with E-state index >= 15 is 0 Å². The highest BCUT2D eigenvalue weighted by atomic mass is 19.1. The number of halogens is 1. The van der Waals surface area contributed by atoms with Gasteiger partial charge in [-0.15, -0.1) is 0 Å². The highest BCUT2D eigenvalue weighted by molar-refractivity contribution is 6.29. The third kappa shape index (κ3) is 3.38. The highest BCUT2D eigenvalue weighted by Gasteiger charge is 2.37. The van der Waals surface area contributed by atoms with Crippen LogP contribution in [0.1, 0.15) is 41.0 Å². The van der Waals surface area contributed by atoms with Gasteiger partial charge < -0.3 is 5.32 Å². The molecule has 1 amide bonds. The maximum absolute atomic E-state index is 13.7. The molecule has 1 N–H and O–H groups in total. The van der Waals surface area contributed by atoms with Crippen LogP contribution in [-0.4, -0.2) is 24.0 Å². The van der Waals surface area contributed by atoms with E-state index in [-0.39, 0.29) is 34.0 Å². The van der Waals surface area contributed by atoms with Gasteiger partial charge in [0.2, 0.25) is 17.5 Å². The second-order valence-corrected chi connectivity index (χ2v) is 6.19. The van der Waals surface area contributed by atoms with Crippen LogP contribution in [-0.2, 0) is 4.79 Å². The zero-order chi connectivity index (χ0) is 19.6. The van der Waals surface area contributed by atoms with Crippen molar-refractivity contribution >= 4 is 23.2 Å². The molecule has 0 spiro atoms. The van der Waals surface area contributed by atoms with Crippen LogP contribution in [0.25, 0.3) is 0 Å². The third-order valence-electron chi connectivity index (χ3n) is 4.25. The molecule has 1 aliphatic carbocycles. The number of fused-ring (bicyclic) bond motifs is 1. The van der Waals surface area contributed by atoms with E-state index in [0.29, 0.717) is 6.54 Å². The zero-order valence-electron chi connectivity index (χ0n) is 15.1. The third-order valence-corrected chi connectivity index (χ3v) is 4.25. The number of hydrogen-bond acceptors (Lipinski definition) is 4. The van der Waals surface area contributed by atoms with Crippen LogP contribution in [0.15, 0.2) is 59.9 Å². The average molecular weight is 366 g/mol. The molecule has 2 aromatic rings. The molecule has 0 aliphatic heterocycles. The van der Waals surface area contributed by atoms with E-state index in [1.165, 1.54) is 25.1 Å². The first-order chi connectivity index (χ1) is 13.0. The van der Waals surface area contributed by atoms with Gasteiger partial charge in [-0.2, -0.15) is 0 Å². The summed E-state index contributed by atoms with van der Waals surface area (Å²) in [5.74, 6) is -1.86. The summed E-state index contributed by atoms with van der Waals surface area (Å²) in [5, 5.41) is 2.98. The Morgan fingerprint density at radius 2 is 1.70 bits per heavy atom. The van der Waals surface area contributed by atoms with Gasteiger partial charge in [0.25, 0.3) is 0 Å². The molecule has 0 heterocycles. The first kappa shape index (κ1) is 18.5. The Labute approximate surface area is 156 Å². The maximum atomic E-state index is 13.7. The quantitative estimate of drug-likeness (QED) is 0.880. The molecule has 2 aromatic carbocycles. The van der Waals surface area contributed by atoms with E-state index in [0.717, 1.165) is 17.4 Å². The van der Waals surface area contributed by atoms with Crippen LogP contribution in [0.2, 0.25) is 0 Å². The molecule has 0 saturated carbocycles. The molecular formula is C21H19FN2O3. The van der Waals surface area contributed by atoms with Crippen LogP contribution in [0.4, 0.5) is 10.1 Å². The average Bonchev–Trinajstić information content (AvgIpc) is 2.65. The van der Waals surface area contributed by atoms with Crippen molar-refractivity contribution in [3.63, 3.8) is 0 Å². The topological polar surface area (TPSA) is 66.5 Å². The lowest BCUT2D eigenvalue weighted by Gasteiger charge is -2.29. The molecule has 138 valence electrons. The Morgan fingerprint density at radius 3 is 2.30 bits per heavy atom. The number of Topliss-reactive ketones (excluding diaryl/α,β-unsaturated/α-hetero) is 2. The van der Waals surface area contributed by atoms with E-state index in [2.05, 4.69) is 5.32 Å². The molecule has 5 nitrogen and oxygen atoms in total. The van der Waals surface area contributed by atoms with Crippen LogP contribution in [0.5, 0.6) is 0 Å². The summed E-state index contributed by atoms with van der Waals surface area (Å²) in [6, 6.07) is 11.8. The fourth-order valence-electron chi connectivity index (χ4n) is 3.07. The number of rotatable bonds is 5. The number of allylic oxidation sites excluding steroid dienone is 2. The molecular weight excluding hydrogens is 347 g/mol. The van der Waals surface area contributed by atoms with Crippen molar-refractivity contribution in [1.82, 2.24) is 5.32 Å². The van der Waals surface area contributed by atoms with Crippen molar-refractivity contribution in [3.05, 3.63) is 76.9 Å². The highest BCUT2D eigenvalue weighted by Crippen LogP contribution is 2.31. The predicted molar refractivity (Wildman–Crippen MR) is 100.0 cm³/mol. The molecule has 0 unspecified atom stereocenters. The van der Waals surface area contributed by atoms with Crippen molar-refractivity contribution < 1.29 is 18.8 Å². The lowest BCUT2D eigenvalue weighted by Crippen LogP contribution is -2.41. The molecule has 0 bridgehead atoms. The van der Waals surface area contributed by atoms with Crippen molar-refractivity contribution in [1.29, 1.82) is 0 Å². The van der Waals surface area contributed by atoms with E-state index in [1.54, 1.807) is 24.3 Å². The second kappa shape index (κ2) is 7.53. The van der Waals surface area contributed by atoms with Crippen LogP contribution in [0.3, 0.4) is 0 Å². The minimum absolute atomic E-state index is 0.0556. The van der Waals surface area contributed by atoms with Crippen LogP contribution >= 0.6 is 0 Å². The van der Waals surface area contributed by atoms with E-state index in [1.807, 2.05) is 6.92 Å². The van der Waals surface area contributed by atoms with Crippen LogP contribution < -0.4 is 10.2 Å². The van der Waals surface area contributed by atoms with E-state index in [4.69, 9.17) is 0 Å². The summed E-state index contributed by atoms with van der Waals surface area (Å²) in [7, 11) is 0.